The van der Waals surface area contributed by atoms with E-state index >= 15 is 0 Å². The number of anilines is 1. The monoisotopic (exact) mass is 459 g/mol. The maximum absolute atomic E-state index is 12.8. The Bertz CT molecular complexity index is 1260. The van der Waals surface area contributed by atoms with Gasteiger partial charge in [0, 0.05) is 12.1 Å². The summed E-state index contributed by atoms with van der Waals surface area (Å²) in [5.41, 5.74) is 4.50. The third kappa shape index (κ3) is 4.88. The van der Waals surface area contributed by atoms with Crippen LogP contribution in [0.5, 0.6) is 11.5 Å². The van der Waals surface area contributed by atoms with E-state index in [1.807, 2.05) is 13.0 Å². The average molecular weight is 459 g/mol. The number of non-ortho nitro benzene ring substituents is 1. The molecule has 1 heterocycles. The molecule has 0 unspecified atom stereocenters. The highest BCUT2D eigenvalue weighted by Gasteiger charge is 2.34. The van der Waals surface area contributed by atoms with Gasteiger partial charge in [-0.3, -0.25) is 25.1 Å². The van der Waals surface area contributed by atoms with E-state index in [1.165, 1.54) is 23.2 Å². The zero-order valence-corrected chi connectivity index (χ0v) is 18.3. The van der Waals surface area contributed by atoms with Gasteiger partial charge >= 0.3 is 0 Å². The van der Waals surface area contributed by atoms with Crippen LogP contribution in [0.4, 0.5) is 11.4 Å². The Kier molecular flexibility index (Phi) is 6.54. The maximum atomic E-state index is 12.8. The molecular formula is C25H21N3O6. The zero-order valence-electron chi connectivity index (χ0n) is 18.3. The Hall–Kier alpha value is -4.66. The van der Waals surface area contributed by atoms with Gasteiger partial charge in [0.15, 0.2) is 11.5 Å². The quantitative estimate of drug-likeness (QED) is 0.236. The summed E-state index contributed by atoms with van der Waals surface area (Å²) < 4.78 is 11.5. The van der Waals surface area contributed by atoms with Crippen molar-refractivity contribution in [1.29, 1.82) is 0 Å². The highest BCUT2D eigenvalue weighted by Crippen LogP contribution is 2.31. The Morgan fingerprint density at radius 3 is 2.38 bits per heavy atom. The number of nitrogens with zero attached hydrogens (tertiary/aromatic N) is 2. The van der Waals surface area contributed by atoms with Crippen LogP contribution in [0.2, 0.25) is 0 Å². The number of nitro benzene ring substituents is 1. The minimum absolute atomic E-state index is 0.00542. The summed E-state index contributed by atoms with van der Waals surface area (Å²) in [6, 6.07) is 20.0. The van der Waals surface area contributed by atoms with Crippen LogP contribution < -0.4 is 19.9 Å². The molecule has 0 bridgehead atoms. The van der Waals surface area contributed by atoms with E-state index in [1.54, 1.807) is 54.6 Å². The molecule has 0 aliphatic carbocycles. The van der Waals surface area contributed by atoms with Crippen molar-refractivity contribution in [3.05, 3.63) is 99.6 Å². The van der Waals surface area contributed by atoms with Gasteiger partial charge in [-0.25, -0.2) is 5.01 Å². The number of hydrogen-bond acceptors (Lipinski definition) is 6. The molecule has 0 aromatic heterocycles. The Labute approximate surface area is 195 Å². The number of ether oxygens (including phenoxy) is 2. The standard InChI is InChI=1S/C25H21N3O6/c1-2-33-23-15-18(10-13-22(23)34-16-17-8-11-20(12-9-17)28(31)32)14-21-24(29)26-27(25(21)30)19-6-4-3-5-7-19/h3-15H,2,16H2,1H3,(H,26,29)/b21-14-. The Morgan fingerprint density at radius 1 is 0.971 bits per heavy atom. The van der Waals surface area contributed by atoms with Crippen molar-refractivity contribution in [3.63, 3.8) is 0 Å². The van der Waals surface area contributed by atoms with Crippen LogP contribution in [0.15, 0.2) is 78.4 Å². The van der Waals surface area contributed by atoms with E-state index in [-0.39, 0.29) is 17.9 Å². The summed E-state index contributed by atoms with van der Waals surface area (Å²) in [4.78, 5) is 35.6. The number of hydrazine groups is 1. The first-order valence-corrected chi connectivity index (χ1v) is 10.5. The smallest absolute Gasteiger partial charge is 0.282 e. The third-order valence-electron chi connectivity index (χ3n) is 5.03. The van der Waals surface area contributed by atoms with E-state index in [0.29, 0.717) is 29.4 Å². The first-order chi connectivity index (χ1) is 16.5. The van der Waals surface area contributed by atoms with Gasteiger partial charge in [-0.2, -0.15) is 0 Å². The fourth-order valence-electron chi connectivity index (χ4n) is 3.36. The zero-order chi connectivity index (χ0) is 24.1. The lowest BCUT2D eigenvalue weighted by Crippen LogP contribution is -2.35. The minimum Gasteiger partial charge on any atom is -0.490 e. The number of amides is 2. The number of carbonyl (C=O) groups excluding carboxylic acids is 2. The normalized spacial score (nSPS) is 14.3. The van der Waals surface area contributed by atoms with Crippen molar-refractivity contribution in [1.82, 2.24) is 5.43 Å². The van der Waals surface area contributed by atoms with Gasteiger partial charge in [-0.15, -0.1) is 0 Å². The van der Waals surface area contributed by atoms with Crippen LogP contribution in [0.3, 0.4) is 0 Å². The lowest BCUT2D eigenvalue weighted by Gasteiger charge is -2.14. The summed E-state index contributed by atoms with van der Waals surface area (Å²) in [6.45, 7) is 2.40. The van der Waals surface area contributed by atoms with Crippen LogP contribution in [0.1, 0.15) is 18.1 Å². The number of nitrogens with one attached hydrogen (secondary N) is 1. The van der Waals surface area contributed by atoms with Gasteiger partial charge in [0.25, 0.3) is 17.5 Å². The molecule has 0 spiro atoms. The Morgan fingerprint density at radius 2 is 1.71 bits per heavy atom. The van der Waals surface area contributed by atoms with Crippen LogP contribution in [0, 0.1) is 10.1 Å². The number of carbonyl (C=O) groups is 2. The van der Waals surface area contributed by atoms with Gasteiger partial charge in [0.1, 0.15) is 12.2 Å². The molecule has 9 heteroatoms. The largest absolute Gasteiger partial charge is 0.490 e. The first kappa shape index (κ1) is 22.5. The van der Waals surface area contributed by atoms with Crippen molar-refractivity contribution in [2.24, 2.45) is 0 Å². The topological polar surface area (TPSA) is 111 Å². The van der Waals surface area contributed by atoms with Crippen LogP contribution in [-0.2, 0) is 16.2 Å². The number of nitro groups is 1. The number of benzene rings is 3. The van der Waals surface area contributed by atoms with E-state index in [4.69, 9.17) is 9.47 Å². The van der Waals surface area contributed by atoms with Crippen molar-refractivity contribution in [3.8, 4) is 11.5 Å². The fourth-order valence-corrected chi connectivity index (χ4v) is 3.36. The van der Waals surface area contributed by atoms with Gasteiger partial charge in [-0.1, -0.05) is 24.3 Å². The summed E-state index contributed by atoms with van der Waals surface area (Å²) in [7, 11) is 0. The third-order valence-corrected chi connectivity index (χ3v) is 5.03. The van der Waals surface area contributed by atoms with Gasteiger partial charge in [-0.05, 0) is 60.5 Å². The molecule has 1 fully saturated rings. The second-order valence-electron chi connectivity index (χ2n) is 7.33. The highest BCUT2D eigenvalue weighted by atomic mass is 16.6. The minimum atomic E-state index is -0.495. The van der Waals surface area contributed by atoms with E-state index in [9.17, 15) is 19.7 Å². The molecule has 1 saturated heterocycles. The van der Waals surface area contributed by atoms with Gasteiger partial charge in [0.2, 0.25) is 0 Å². The average Bonchev–Trinajstić information content (AvgIpc) is 3.13. The van der Waals surface area contributed by atoms with Crippen molar-refractivity contribution < 1.29 is 24.0 Å². The number of para-hydroxylation sites is 1. The lowest BCUT2D eigenvalue weighted by molar-refractivity contribution is -0.384. The molecule has 1 aliphatic rings. The molecule has 0 atom stereocenters. The number of rotatable bonds is 8. The molecule has 9 nitrogen and oxygen atoms in total. The predicted molar refractivity (Wildman–Crippen MR) is 125 cm³/mol. The second kappa shape index (κ2) is 9.86. The molecule has 2 amide bonds. The summed E-state index contributed by atoms with van der Waals surface area (Å²) in [5.74, 6) is -0.0297. The lowest BCUT2D eigenvalue weighted by atomic mass is 10.1. The van der Waals surface area contributed by atoms with E-state index in [0.717, 1.165) is 5.56 Å². The summed E-state index contributed by atoms with van der Waals surface area (Å²) in [5, 5.41) is 12.0. The maximum Gasteiger partial charge on any atom is 0.282 e. The molecule has 0 saturated carbocycles. The molecule has 3 aromatic carbocycles. The second-order valence-corrected chi connectivity index (χ2v) is 7.33. The molecule has 1 N–H and O–H groups in total. The molecule has 172 valence electrons. The highest BCUT2D eigenvalue weighted by molar-refractivity contribution is 6.31. The first-order valence-electron chi connectivity index (χ1n) is 10.5. The molecule has 4 rings (SSSR count). The van der Waals surface area contributed by atoms with Gasteiger partial charge < -0.3 is 9.47 Å². The number of hydrogen-bond donors (Lipinski definition) is 1. The molecule has 0 radical (unpaired) electrons. The predicted octanol–water partition coefficient (Wildman–Crippen LogP) is 4.03. The fraction of sp³-hybridized carbons (Fsp3) is 0.120. The summed E-state index contributed by atoms with van der Waals surface area (Å²) >= 11 is 0. The molecule has 34 heavy (non-hydrogen) atoms. The van der Waals surface area contributed by atoms with Crippen LogP contribution in [-0.4, -0.2) is 23.3 Å². The molecule has 3 aromatic rings. The van der Waals surface area contributed by atoms with E-state index in [2.05, 4.69) is 5.43 Å². The Balaban J connectivity index is 1.53. The van der Waals surface area contributed by atoms with Crippen LogP contribution >= 0.6 is 0 Å². The van der Waals surface area contributed by atoms with Crippen molar-refractivity contribution in [2.45, 2.75) is 13.5 Å². The molecule has 1 aliphatic heterocycles. The van der Waals surface area contributed by atoms with Crippen molar-refractivity contribution in [2.75, 3.05) is 11.6 Å². The van der Waals surface area contributed by atoms with Gasteiger partial charge in [0.05, 0.1) is 17.2 Å². The molecular weight excluding hydrogens is 438 g/mol. The SMILES string of the molecule is CCOc1cc(/C=C2/C(=O)NN(c3ccccc3)C2=O)ccc1OCc1ccc([N+](=O)[O-])cc1. The van der Waals surface area contributed by atoms with E-state index < -0.39 is 16.7 Å². The summed E-state index contributed by atoms with van der Waals surface area (Å²) in [6.07, 6.45) is 1.50. The van der Waals surface area contributed by atoms with Crippen molar-refractivity contribution >= 4 is 29.3 Å². The van der Waals surface area contributed by atoms with Crippen LogP contribution in [0.25, 0.3) is 6.08 Å².